The van der Waals surface area contributed by atoms with Gasteiger partial charge in [-0.25, -0.2) is 0 Å². The van der Waals surface area contributed by atoms with Crippen LogP contribution in [0.1, 0.15) is 52.5 Å². The molecule has 0 bridgehead atoms. The minimum Gasteiger partial charge on any atom is -0.353 e. The molecule has 1 aliphatic carbocycles. The number of carbonyl (C=O) groups excluding carboxylic acids is 2. The molecule has 120 valence electrons. The summed E-state index contributed by atoms with van der Waals surface area (Å²) in [6, 6.07) is 8.30. The van der Waals surface area contributed by atoms with Gasteiger partial charge in [0, 0.05) is 31.6 Å². The molecule has 1 aliphatic rings. The third-order valence-electron chi connectivity index (χ3n) is 3.89. The van der Waals surface area contributed by atoms with Crippen molar-refractivity contribution >= 4 is 17.5 Å². The monoisotopic (exact) mass is 302 g/mol. The summed E-state index contributed by atoms with van der Waals surface area (Å²) in [4.78, 5) is 25.7. The van der Waals surface area contributed by atoms with E-state index in [4.69, 9.17) is 0 Å². The van der Waals surface area contributed by atoms with Gasteiger partial charge in [-0.1, -0.05) is 39.0 Å². The van der Waals surface area contributed by atoms with Crippen molar-refractivity contribution in [2.75, 3.05) is 11.4 Å². The zero-order chi connectivity index (χ0) is 16.3. The number of benzene rings is 1. The summed E-state index contributed by atoms with van der Waals surface area (Å²) in [5, 5.41) is 2.97. The average molecular weight is 302 g/mol. The molecule has 1 aromatic carbocycles. The van der Waals surface area contributed by atoms with Crippen molar-refractivity contribution < 1.29 is 9.59 Å². The van der Waals surface area contributed by atoms with Crippen LogP contribution < -0.4 is 10.2 Å². The van der Waals surface area contributed by atoms with Gasteiger partial charge in [0.05, 0.1) is 0 Å². The third-order valence-corrected chi connectivity index (χ3v) is 3.89. The second-order valence-electron chi connectivity index (χ2n) is 7.03. The second-order valence-corrected chi connectivity index (χ2v) is 7.03. The van der Waals surface area contributed by atoms with Gasteiger partial charge in [0.2, 0.25) is 11.8 Å². The predicted octanol–water partition coefficient (Wildman–Crippen LogP) is 3.01. The molecule has 1 N–H and O–H groups in total. The number of amides is 2. The number of anilines is 1. The maximum atomic E-state index is 12.1. The van der Waals surface area contributed by atoms with Gasteiger partial charge < -0.3 is 10.2 Å². The van der Waals surface area contributed by atoms with Crippen LogP contribution in [0.15, 0.2) is 24.3 Å². The summed E-state index contributed by atoms with van der Waals surface area (Å²) in [7, 11) is 0. The minimum absolute atomic E-state index is 0.0296. The number of nitrogens with one attached hydrogen (secondary N) is 1. The molecule has 1 fully saturated rings. The zero-order valence-corrected chi connectivity index (χ0v) is 14.0. The summed E-state index contributed by atoms with van der Waals surface area (Å²) in [6.45, 7) is 8.36. The van der Waals surface area contributed by atoms with E-state index >= 15 is 0 Å². The van der Waals surface area contributed by atoms with E-state index in [1.54, 1.807) is 11.8 Å². The van der Waals surface area contributed by atoms with E-state index in [0.29, 0.717) is 19.0 Å². The molecule has 0 aliphatic heterocycles. The van der Waals surface area contributed by atoms with Crippen LogP contribution in [-0.2, 0) is 15.0 Å². The lowest BCUT2D eigenvalue weighted by molar-refractivity contribution is -0.121. The molecule has 2 rings (SSSR count). The standard InChI is InChI=1S/C18H26N2O2/c1-13(21)20(12-11-17(22)19-14-9-10-14)16-8-6-5-7-15(16)18(2,3)4/h5-8,14H,9-12H2,1-4H3,(H,19,22). The Balaban J connectivity index is 2.14. The summed E-state index contributed by atoms with van der Waals surface area (Å²) in [5.41, 5.74) is 1.97. The quantitative estimate of drug-likeness (QED) is 0.909. The van der Waals surface area contributed by atoms with Crippen molar-refractivity contribution in [3.05, 3.63) is 29.8 Å². The highest BCUT2D eigenvalue weighted by Crippen LogP contribution is 2.32. The Kier molecular flexibility index (Phi) is 4.89. The molecule has 0 atom stereocenters. The van der Waals surface area contributed by atoms with Gasteiger partial charge in [-0.05, 0) is 29.9 Å². The Morgan fingerprint density at radius 1 is 1.23 bits per heavy atom. The van der Waals surface area contributed by atoms with Gasteiger partial charge in [-0.15, -0.1) is 0 Å². The van der Waals surface area contributed by atoms with Crippen molar-refractivity contribution in [1.82, 2.24) is 5.32 Å². The number of nitrogens with zero attached hydrogens (tertiary/aromatic N) is 1. The molecule has 22 heavy (non-hydrogen) atoms. The number of para-hydroxylation sites is 1. The first-order valence-corrected chi connectivity index (χ1v) is 7.96. The summed E-state index contributed by atoms with van der Waals surface area (Å²) in [5.74, 6) is -0.00193. The molecule has 0 heterocycles. The minimum atomic E-state index is -0.0550. The number of carbonyl (C=O) groups is 2. The predicted molar refractivity (Wildman–Crippen MR) is 89.0 cm³/mol. The molecule has 0 spiro atoms. The van der Waals surface area contributed by atoms with E-state index < -0.39 is 0 Å². The van der Waals surface area contributed by atoms with Crippen LogP contribution in [0.5, 0.6) is 0 Å². The van der Waals surface area contributed by atoms with E-state index in [-0.39, 0.29) is 17.2 Å². The second kappa shape index (κ2) is 6.51. The highest BCUT2D eigenvalue weighted by molar-refractivity contribution is 5.93. The molecule has 1 saturated carbocycles. The molecule has 0 aromatic heterocycles. The SMILES string of the molecule is CC(=O)N(CCC(=O)NC1CC1)c1ccccc1C(C)(C)C. The van der Waals surface area contributed by atoms with Crippen LogP contribution in [0.2, 0.25) is 0 Å². The number of hydrogen-bond acceptors (Lipinski definition) is 2. The smallest absolute Gasteiger partial charge is 0.223 e. The third kappa shape index (κ3) is 4.33. The van der Waals surface area contributed by atoms with Gasteiger partial charge in [0.1, 0.15) is 0 Å². The lowest BCUT2D eigenvalue weighted by Crippen LogP contribution is -2.35. The van der Waals surface area contributed by atoms with Crippen LogP contribution >= 0.6 is 0 Å². The van der Waals surface area contributed by atoms with Crippen LogP contribution in [-0.4, -0.2) is 24.4 Å². The van der Waals surface area contributed by atoms with Crippen molar-refractivity contribution in [2.45, 2.75) is 58.4 Å². The van der Waals surface area contributed by atoms with E-state index in [0.717, 1.165) is 24.1 Å². The molecule has 4 nitrogen and oxygen atoms in total. The lowest BCUT2D eigenvalue weighted by Gasteiger charge is -2.29. The Morgan fingerprint density at radius 2 is 1.86 bits per heavy atom. The van der Waals surface area contributed by atoms with Crippen LogP contribution in [0.4, 0.5) is 5.69 Å². The maximum absolute atomic E-state index is 12.1. The summed E-state index contributed by atoms with van der Waals surface area (Å²) >= 11 is 0. The normalized spacial score (nSPS) is 14.5. The fourth-order valence-corrected chi connectivity index (χ4v) is 2.53. The van der Waals surface area contributed by atoms with E-state index in [9.17, 15) is 9.59 Å². The van der Waals surface area contributed by atoms with E-state index in [2.05, 4.69) is 32.2 Å². The first kappa shape index (κ1) is 16.5. The Labute approximate surface area is 132 Å². The molecule has 2 amide bonds. The Morgan fingerprint density at radius 3 is 2.41 bits per heavy atom. The average Bonchev–Trinajstić information content (AvgIpc) is 3.22. The van der Waals surface area contributed by atoms with Crippen LogP contribution in [0.25, 0.3) is 0 Å². The summed E-state index contributed by atoms with van der Waals surface area (Å²) in [6.07, 6.45) is 2.50. The fraction of sp³-hybridized carbons (Fsp3) is 0.556. The van der Waals surface area contributed by atoms with E-state index in [1.807, 2.05) is 18.2 Å². The summed E-state index contributed by atoms with van der Waals surface area (Å²) < 4.78 is 0. The van der Waals surface area contributed by atoms with Crippen LogP contribution in [0, 0.1) is 0 Å². The largest absolute Gasteiger partial charge is 0.353 e. The zero-order valence-electron chi connectivity index (χ0n) is 14.0. The van der Waals surface area contributed by atoms with Crippen molar-refractivity contribution in [3.63, 3.8) is 0 Å². The lowest BCUT2D eigenvalue weighted by atomic mass is 9.85. The number of rotatable bonds is 5. The van der Waals surface area contributed by atoms with Gasteiger partial charge >= 0.3 is 0 Å². The maximum Gasteiger partial charge on any atom is 0.223 e. The molecule has 0 unspecified atom stereocenters. The Bertz CT molecular complexity index is 556. The van der Waals surface area contributed by atoms with Gasteiger partial charge in [-0.2, -0.15) is 0 Å². The van der Waals surface area contributed by atoms with Gasteiger partial charge in [0.15, 0.2) is 0 Å². The van der Waals surface area contributed by atoms with Gasteiger partial charge in [-0.3, -0.25) is 9.59 Å². The molecule has 4 heteroatoms. The van der Waals surface area contributed by atoms with Crippen LogP contribution in [0.3, 0.4) is 0 Å². The first-order valence-electron chi connectivity index (χ1n) is 7.96. The Hall–Kier alpha value is -1.84. The van der Waals surface area contributed by atoms with Crippen molar-refractivity contribution in [2.24, 2.45) is 0 Å². The molecule has 1 aromatic rings. The highest BCUT2D eigenvalue weighted by atomic mass is 16.2. The topological polar surface area (TPSA) is 49.4 Å². The van der Waals surface area contributed by atoms with E-state index in [1.165, 1.54) is 0 Å². The molecular formula is C18H26N2O2. The first-order chi connectivity index (χ1) is 10.3. The van der Waals surface area contributed by atoms with Crippen molar-refractivity contribution in [3.8, 4) is 0 Å². The molecular weight excluding hydrogens is 276 g/mol. The highest BCUT2D eigenvalue weighted by Gasteiger charge is 2.25. The fourth-order valence-electron chi connectivity index (χ4n) is 2.53. The molecule has 0 saturated heterocycles. The molecule has 0 radical (unpaired) electrons. The number of hydrogen-bond donors (Lipinski definition) is 1. The van der Waals surface area contributed by atoms with Crippen molar-refractivity contribution in [1.29, 1.82) is 0 Å². The van der Waals surface area contributed by atoms with Gasteiger partial charge in [0.25, 0.3) is 0 Å².